The largest absolute Gasteiger partial charge is 0.444 e. The molecule has 0 aliphatic carbocycles. The number of ether oxygens (including phenoxy) is 1. The number of carbonyl (C=O) groups excluding carboxylic acids is 2. The Bertz CT molecular complexity index is 344. The van der Waals surface area contributed by atoms with Gasteiger partial charge in [-0.2, -0.15) is 0 Å². The van der Waals surface area contributed by atoms with Gasteiger partial charge in [0.15, 0.2) is 0 Å². The lowest BCUT2D eigenvalue weighted by Crippen LogP contribution is -2.47. The van der Waals surface area contributed by atoms with Gasteiger partial charge in [0.1, 0.15) is 5.60 Å². The lowest BCUT2D eigenvalue weighted by atomic mass is 10.2. The van der Waals surface area contributed by atoms with Crippen LogP contribution in [0.3, 0.4) is 0 Å². The van der Waals surface area contributed by atoms with Gasteiger partial charge < -0.3 is 19.4 Å². The van der Waals surface area contributed by atoms with Gasteiger partial charge in [0.05, 0.1) is 0 Å². The quantitative estimate of drug-likeness (QED) is 0.777. The fraction of sp³-hybridized carbons (Fsp3) is 0.857. The highest BCUT2D eigenvalue weighted by molar-refractivity contribution is 5.77. The normalized spacial score (nSPS) is 16.9. The molecule has 2 amide bonds. The highest BCUT2D eigenvalue weighted by Crippen LogP contribution is 2.09. The topological polar surface area (TPSA) is 53.1 Å². The molecule has 1 heterocycles. The number of rotatable bonds is 3. The monoisotopic (exact) mass is 285 g/mol. The molecule has 0 unspecified atom stereocenters. The zero-order valence-corrected chi connectivity index (χ0v) is 13.3. The van der Waals surface area contributed by atoms with Crippen molar-refractivity contribution in [1.29, 1.82) is 0 Å². The van der Waals surface area contributed by atoms with Crippen LogP contribution in [0, 0.1) is 0 Å². The third-order valence-corrected chi connectivity index (χ3v) is 3.22. The molecule has 1 aliphatic heterocycles. The van der Waals surface area contributed by atoms with E-state index >= 15 is 0 Å². The molecule has 1 saturated heterocycles. The van der Waals surface area contributed by atoms with Crippen molar-refractivity contribution in [2.24, 2.45) is 0 Å². The zero-order valence-electron chi connectivity index (χ0n) is 13.3. The maximum atomic E-state index is 12.0. The Morgan fingerprint density at radius 3 is 2.20 bits per heavy atom. The Morgan fingerprint density at radius 1 is 1.15 bits per heavy atom. The van der Waals surface area contributed by atoms with Crippen molar-refractivity contribution in [3.63, 3.8) is 0 Å². The van der Waals surface area contributed by atoms with Gasteiger partial charge in [-0.15, -0.1) is 0 Å². The fourth-order valence-electron chi connectivity index (χ4n) is 1.91. The molecule has 0 aromatic heterocycles. The highest BCUT2D eigenvalue weighted by Gasteiger charge is 2.22. The number of piperazine rings is 1. The molecule has 0 aromatic carbocycles. The van der Waals surface area contributed by atoms with E-state index in [0.717, 1.165) is 26.2 Å². The van der Waals surface area contributed by atoms with Crippen LogP contribution in [0.25, 0.3) is 0 Å². The van der Waals surface area contributed by atoms with Gasteiger partial charge in [0, 0.05) is 46.2 Å². The van der Waals surface area contributed by atoms with Gasteiger partial charge in [-0.25, -0.2) is 4.79 Å². The predicted molar refractivity (Wildman–Crippen MR) is 77.6 cm³/mol. The van der Waals surface area contributed by atoms with E-state index in [2.05, 4.69) is 11.9 Å². The van der Waals surface area contributed by atoms with E-state index in [0.29, 0.717) is 13.0 Å². The molecule has 20 heavy (non-hydrogen) atoms. The molecule has 0 radical (unpaired) electrons. The van der Waals surface area contributed by atoms with E-state index in [1.165, 1.54) is 4.90 Å². The first-order chi connectivity index (χ1) is 9.19. The number of likely N-dealkylation sites (N-methyl/N-ethyl adjacent to an activating group) is 1. The van der Waals surface area contributed by atoms with E-state index < -0.39 is 5.60 Å². The third kappa shape index (κ3) is 5.77. The lowest BCUT2D eigenvalue weighted by Gasteiger charge is -2.33. The van der Waals surface area contributed by atoms with Crippen molar-refractivity contribution in [2.45, 2.75) is 32.8 Å². The van der Waals surface area contributed by atoms with Crippen LogP contribution in [-0.2, 0) is 9.53 Å². The van der Waals surface area contributed by atoms with Crippen LogP contribution >= 0.6 is 0 Å². The first-order valence-electron chi connectivity index (χ1n) is 7.09. The molecule has 1 rings (SSSR count). The molecule has 0 bridgehead atoms. The van der Waals surface area contributed by atoms with Crippen molar-refractivity contribution in [3.8, 4) is 0 Å². The zero-order chi connectivity index (χ0) is 15.3. The van der Waals surface area contributed by atoms with Crippen LogP contribution in [0.1, 0.15) is 27.2 Å². The van der Waals surface area contributed by atoms with Gasteiger partial charge in [0.2, 0.25) is 5.91 Å². The first-order valence-corrected chi connectivity index (χ1v) is 7.09. The van der Waals surface area contributed by atoms with Gasteiger partial charge >= 0.3 is 6.09 Å². The summed E-state index contributed by atoms with van der Waals surface area (Å²) in [6, 6.07) is 0. The maximum Gasteiger partial charge on any atom is 0.410 e. The van der Waals surface area contributed by atoms with E-state index in [1.54, 1.807) is 7.05 Å². The fourth-order valence-corrected chi connectivity index (χ4v) is 1.91. The Hall–Kier alpha value is -1.30. The first kappa shape index (κ1) is 16.8. The molecule has 0 N–H and O–H groups in total. The number of hydrogen-bond acceptors (Lipinski definition) is 4. The maximum absolute atomic E-state index is 12.0. The Labute approximate surface area is 121 Å². The molecule has 116 valence electrons. The predicted octanol–water partition coefficient (Wildman–Crippen LogP) is 1.02. The summed E-state index contributed by atoms with van der Waals surface area (Å²) in [6.45, 7) is 9.23. The van der Waals surface area contributed by atoms with Crippen molar-refractivity contribution >= 4 is 12.0 Å². The van der Waals surface area contributed by atoms with E-state index in [-0.39, 0.29) is 12.0 Å². The minimum atomic E-state index is -0.507. The average Bonchev–Trinajstić information content (AvgIpc) is 2.34. The second-order valence-corrected chi connectivity index (χ2v) is 6.34. The molecule has 1 aliphatic rings. The molecule has 6 nitrogen and oxygen atoms in total. The summed E-state index contributed by atoms with van der Waals surface area (Å²) >= 11 is 0. The Morgan fingerprint density at radius 2 is 1.70 bits per heavy atom. The molecule has 0 saturated carbocycles. The third-order valence-electron chi connectivity index (χ3n) is 3.22. The van der Waals surface area contributed by atoms with Crippen molar-refractivity contribution in [3.05, 3.63) is 0 Å². The highest BCUT2D eigenvalue weighted by atomic mass is 16.6. The van der Waals surface area contributed by atoms with Crippen LogP contribution < -0.4 is 0 Å². The minimum absolute atomic E-state index is 0.105. The summed E-state index contributed by atoms with van der Waals surface area (Å²) in [4.78, 5) is 29.3. The number of carbonyl (C=O) groups is 2. The van der Waals surface area contributed by atoms with Crippen molar-refractivity contribution < 1.29 is 14.3 Å². The van der Waals surface area contributed by atoms with Crippen molar-refractivity contribution in [2.75, 3.05) is 46.8 Å². The Kier molecular flexibility index (Phi) is 5.80. The molecular formula is C14H27N3O3. The molecular weight excluding hydrogens is 258 g/mol. The SMILES string of the molecule is CN1CCN(C(=O)CCN(C)C(=O)OC(C)(C)C)CC1. The van der Waals surface area contributed by atoms with Crippen molar-refractivity contribution in [1.82, 2.24) is 14.7 Å². The Balaban J connectivity index is 2.31. The lowest BCUT2D eigenvalue weighted by molar-refractivity contribution is -0.132. The van der Waals surface area contributed by atoms with Gasteiger partial charge in [-0.1, -0.05) is 0 Å². The van der Waals surface area contributed by atoms with Gasteiger partial charge in [-0.05, 0) is 27.8 Å². The average molecular weight is 285 g/mol. The number of hydrogen-bond donors (Lipinski definition) is 0. The molecule has 1 fully saturated rings. The van der Waals surface area contributed by atoms with Gasteiger partial charge in [-0.3, -0.25) is 4.79 Å². The summed E-state index contributed by atoms with van der Waals surface area (Å²) in [5, 5.41) is 0. The number of amides is 2. The minimum Gasteiger partial charge on any atom is -0.444 e. The van der Waals surface area contributed by atoms with E-state index in [4.69, 9.17) is 4.74 Å². The van der Waals surface area contributed by atoms with E-state index in [9.17, 15) is 9.59 Å². The standard InChI is InChI=1S/C14H27N3O3/c1-14(2,3)20-13(19)16(5)7-6-12(18)17-10-8-15(4)9-11-17/h6-11H2,1-5H3. The van der Waals surface area contributed by atoms with Crippen LogP contribution in [0.15, 0.2) is 0 Å². The van der Waals surface area contributed by atoms with Crippen LogP contribution in [0.4, 0.5) is 4.79 Å². The van der Waals surface area contributed by atoms with Gasteiger partial charge in [0.25, 0.3) is 0 Å². The summed E-state index contributed by atoms with van der Waals surface area (Å²) in [6.07, 6.45) is -0.0388. The second-order valence-electron chi connectivity index (χ2n) is 6.34. The van der Waals surface area contributed by atoms with Crippen LogP contribution in [0.2, 0.25) is 0 Å². The van der Waals surface area contributed by atoms with Crippen LogP contribution in [-0.4, -0.2) is 79.1 Å². The van der Waals surface area contributed by atoms with Crippen LogP contribution in [0.5, 0.6) is 0 Å². The van der Waals surface area contributed by atoms with E-state index in [1.807, 2.05) is 25.7 Å². The molecule has 0 atom stereocenters. The summed E-state index contributed by atoms with van der Waals surface area (Å²) in [7, 11) is 3.71. The number of nitrogens with zero attached hydrogens (tertiary/aromatic N) is 3. The summed E-state index contributed by atoms with van der Waals surface area (Å²) in [5.74, 6) is 0.105. The second kappa shape index (κ2) is 6.92. The summed E-state index contributed by atoms with van der Waals surface area (Å²) in [5.41, 5.74) is -0.507. The molecule has 0 aromatic rings. The smallest absolute Gasteiger partial charge is 0.410 e. The molecule has 0 spiro atoms. The molecule has 6 heteroatoms. The summed E-state index contributed by atoms with van der Waals surface area (Å²) < 4.78 is 5.25.